The largest absolute Gasteiger partial charge is 0.493 e. The lowest BCUT2D eigenvalue weighted by Gasteiger charge is -2.24. The minimum Gasteiger partial charge on any atom is -0.493 e. The van der Waals surface area contributed by atoms with Gasteiger partial charge in [-0.05, 0) is 18.2 Å². The highest BCUT2D eigenvalue weighted by Gasteiger charge is 2.21. The zero-order valence-electron chi connectivity index (χ0n) is 16.8. The van der Waals surface area contributed by atoms with E-state index in [2.05, 4.69) is 9.97 Å². The van der Waals surface area contributed by atoms with Crippen LogP contribution in [0.25, 0.3) is 10.9 Å². The van der Waals surface area contributed by atoms with Crippen LogP contribution in [0.2, 0.25) is 0 Å². The van der Waals surface area contributed by atoms with E-state index in [1.807, 2.05) is 36.2 Å². The van der Waals surface area contributed by atoms with E-state index in [0.717, 1.165) is 16.6 Å². The molecular weight excluding hydrogens is 362 g/mol. The Bertz CT molecular complexity index is 993. The first-order valence-electron chi connectivity index (χ1n) is 8.49. The molecular formula is C20H23N3O5. The Morgan fingerprint density at radius 2 is 1.36 bits per heavy atom. The molecule has 3 aromatic rings. The van der Waals surface area contributed by atoms with Crippen molar-refractivity contribution >= 4 is 22.4 Å². The molecule has 0 bridgehead atoms. The van der Waals surface area contributed by atoms with E-state index >= 15 is 0 Å². The van der Waals surface area contributed by atoms with E-state index in [1.54, 1.807) is 35.5 Å². The fourth-order valence-corrected chi connectivity index (χ4v) is 3.10. The third-order valence-corrected chi connectivity index (χ3v) is 4.48. The van der Waals surface area contributed by atoms with Gasteiger partial charge in [0, 0.05) is 18.5 Å². The molecule has 3 rings (SSSR count). The monoisotopic (exact) mass is 385 g/mol. The zero-order valence-corrected chi connectivity index (χ0v) is 16.8. The SMILES string of the molecule is COc1cc2ncnc(N(C)c3ccc(OC)c(OC)c3OC)c2cc1OC. The van der Waals surface area contributed by atoms with Gasteiger partial charge in [-0.2, -0.15) is 0 Å². The van der Waals surface area contributed by atoms with Gasteiger partial charge in [0.25, 0.3) is 0 Å². The number of rotatable bonds is 7. The highest BCUT2D eigenvalue weighted by atomic mass is 16.5. The van der Waals surface area contributed by atoms with Crippen molar-refractivity contribution in [2.24, 2.45) is 0 Å². The van der Waals surface area contributed by atoms with Crippen molar-refractivity contribution in [3.05, 3.63) is 30.6 Å². The third kappa shape index (κ3) is 3.17. The molecule has 148 valence electrons. The van der Waals surface area contributed by atoms with E-state index in [0.29, 0.717) is 34.6 Å². The van der Waals surface area contributed by atoms with Gasteiger partial charge in [0.2, 0.25) is 5.75 Å². The van der Waals surface area contributed by atoms with Gasteiger partial charge in [0.05, 0.1) is 46.8 Å². The molecule has 8 heteroatoms. The summed E-state index contributed by atoms with van der Waals surface area (Å²) in [7, 11) is 9.81. The Morgan fingerprint density at radius 3 is 1.96 bits per heavy atom. The van der Waals surface area contributed by atoms with Gasteiger partial charge in [-0.3, -0.25) is 0 Å². The average molecular weight is 385 g/mol. The molecule has 0 radical (unpaired) electrons. The topological polar surface area (TPSA) is 75.2 Å². The Labute approximate surface area is 163 Å². The highest BCUT2D eigenvalue weighted by molar-refractivity contribution is 5.94. The van der Waals surface area contributed by atoms with Crippen LogP contribution in [-0.2, 0) is 0 Å². The van der Waals surface area contributed by atoms with Crippen LogP contribution in [0.1, 0.15) is 0 Å². The van der Waals surface area contributed by atoms with Crippen LogP contribution in [0.5, 0.6) is 28.7 Å². The first-order chi connectivity index (χ1) is 13.6. The van der Waals surface area contributed by atoms with Gasteiger partial charge < -0.3 is 28.6 Å². The molecule has 28 heavy (non-hydrogen) atoms. The van der Waals surface area contributed by atoms with Gasteiger partial charge in [-0.1, -0.05) is 0 Å². The van der Waals surface area contributed by atoms with Crippen molar-refractivity contribution in [2.75, 3.05) is 47.5 Å². The molecule has 2 aromatic carbocycles. The van der Waals surface area contributed by atoms with Crippen LogP contribution in [0.15, 0.2) is 30.6 Å². The highest BCUT2D eigenvalue weighted by Crippen LogP contribution is 2.46. The van der Waals surface area contributed by atoms with Crippen LogP contribution >= 0.6 is 0 Å². The molecule has 0 aliphatic rings. The van der Waals surface area contributed by atoms with Crippen LogP contribution in [-0.4, -0.2) is 52.6 Å². The second kappa shape index (κ2) is 8.08. The summed E-state index contributed by atoms with van der Waals surface area (Å²) in [4.78, 5) is 10.7. The zero-order chi connectivity index (χ0) is 20.3. The van der Waals surface area contributed by atoms with E-state index in [4.69, 9.17) is 23.7 Å². The summed E-state index contributed by atoms with van der Waals surface area (Å²) in [5.41, 5.74) is 1.49. The normalized spacial score (nSPS) is 10.5. The van der Waals surface area contributed by atoms with Gasteiger partial charge in [0.1, 0.15) is 12.1 Å². The number of fused-ring (bicyclic) bond motifs is 1. The van der Waals surface area contributed by atoms with Crippen molar-refractivity contribution in [3.63, 3.8) is 0 Å². The maximum atomic E-state index is 5.61. The number of ether oxygens (including phenoxy) is 5. The van der Waals surface area contributed by atoms with Crippen LogP contribution in [0, 0.1) is 0 Å². The molecule has 0 aliphatic carbocycles. The van der Waals surface area contributed by atoms with Gasteiger partial charge in [-0.15, -0.1) is 0 Å². The molecule has 0 fully saturated rings. The first-order valence-corrected chi connectivity index (χ1v) is 8.49. The lowest BCUT2D eigenvalue weighted by atomic mass is 10.1. The number of aromatic nitrogens is 2. The fourth-order valence-electron chi connectivity index (χ4n) is 3.10. The van der Waals surface area contributed by atoms with Crippen molar-refractivity contribution in [2.45, 2.75) is 0 Å². The minimum absolute atomic E-state index is 0.506. The molecule has 0 N–H and O–H groups in total. The summed E-state index contributed by atoms with van der Waals surface area (Å²) in [5, 5.41) is 0.805. The molecule has 8 nitrogen and oxygen atoms in total. The summed E-state index contributed by atoms with van der Waals surface area (Å²) >= 11 is 0. The number of anilines is 2. The maximum absolute atomic E-state index is 5.61. The number of methoxy groups -OCH3 is 5. The van der Waals surface area contributed by atoms with Gasteiger partial charge >= 0.3 is 0 Å². The minimum atomic E-state index is 0.506. The number of benzene rings is 2. The smallest absolute Gasteiger partial charge is 0.205 e. The Hall–Kier alpha value is -3.42. The van der Waals surface area contributed by atoms with Crippen molar-refractivity contribution in [1.29, 1.82) is 0 Å². The second-order valence-electron chi connectivity index (χ2n) is 5.83. The Kier molecular flexibility index (Phi) is 5.58. The number of hydrogen-bond donors (Lipinski definition) is 0. The summed E-state index contributed by atoms with van der Waals surface area (Å²) in [6.45, 7) is 0. The average Bonchev–Trinajstić information content (AvgIpc) is 2.75. The number of hydrogen-bond acceptors (Lipinski definition) is 8. The Balaban J connectivity index is 2.20. The first kappa shape index (κ1) is 19.3. The van der Waals surface area contributed by atoms with Gasteiger partial charge in [0.15, 0.2) is 23.0 Å². The summed E-state index contributed by atoms with van der Waals surface area (Å²) in [6.07, 6.45) is 1.51. The fraction of sp³-hybridized carbons (Fsp3) is 0.300. The quantitative estimate of drug-likeness (QED) is 0.612. The lowest BCUT2D eigenvalue weighted by molar-refractivity contribution is 0.325. The third-order valence-electron chi connectivity index (χ3n) is 4.48. The van der Waals surface area contributed by atoms with Crippen molar-refractivity contribution in [1.82, 2.24) is 9.97 Å². The Morgan fingerprint density at radius 1 is 0.714 bits per heavy atom. The van der Waals surface area contributed by atoms with E-state index in [-0.39, 0.29) is 0 Å². The summed E-state index contributed by atoms with van der Waals surface area (Å²) < 4.78 is 27.3. The summed E-state index contributed by atoms with van der Waals surface area (Å²) in [6, 6.07) is 7.38. The molecule has 1 aromatic heterocycles. The van der Waals surface area contributed by atoms with Crippen LogP contribution < -0.4 is 28.6 Å². The molecule has 0 aliphatic heterocycles. The predicted octanol–water partition coefficient (Wildman–Crippen LogP) is 3.44. The summed E-state index contributed by atoms with van der Waals surface area (Å²) in [5.74, 6) is 3.50. The lowest BCUT2D eigenvalue weighted by Crippen LogP contribution is -2.14. The standard InChI is InChI=1S/C20H23N3O5/c1-23(14-7-8-15(24-2)19(28-6)18(14)27-5)20-12-9-16(25-3)17(26-4)10-13(12)21-11-22-20/h7-11H,1-6H3. The van der Waals surface area contributed by atoms with E-state index in [1.165, 1.54) is 6.33 Å². The number of nitrogens with zero attached hydrogens (tertiary/aromatic N) is 3. The van der Waals surface area contributed by atoms with Crippen LogP contribution in [0.3, 0.4) is 0 Å². The molecule has 0 atom stereocenters. The predicted molar refractivity (Wildman–Crippen MR) is 107 cm³/mol. The van der Waals surface area contributed by atoms with Gasteiger partial charge in [-0.25, -0.2) is 9.97 Å². The van der Waals surface area contributed by atoms with Crippen molar-refractivity contribution in [3.8, 4) is 28.7 Å². The second-order valence-corrected chi connectivity index (χ2v) is 5.83. The molecule has 0 saturated carbocycles. The molecule has 0 unspecified atom stereocenters. The molecule has 0 spiro atoms. The molecule has 0 amide bonds. The van der Waals surface area contributed by atoms with Crippen LogP contribution in [0.4, 0.5) is 11.5 Å². The van der Waals surface area contributed by atoms with E-state index < -0.39 is 0 Å². The van der Waals surface area contributed by atoms with Crippen molar-refractivity contribution < 1.29 is 23.7 Å². The molecule has 0 saturated heterocycles. The maximum Gasteiger partial charge on any atom is 0.205 e. The molecule has 1 heterocycles. The van der Waals surface area contributed by atoms with E-state index in [9.17, 15) is 0 Å².